The summed E-state index contributed by atoms with van der Waals surface area (Å²) in [5, 5.41) is 0. The van der Waals surface area contributed by atoms with Crippen LogP contribution in [0, 0.1) is 0 Å². The first-order valence-corrected chi connectivity index (χ1v) is 4.47. The van der Waals surface area contributed by atoms with Crippen molar-refractivity contribution < 1.29 is 14.3 Å². The van der Waals surface area contributed by atoms with Crippen molar-refractivity contribution in [3.8, 4) is 0 Å². The normalized spacial score (nSPS) is 18.8. The van der Waals surface area contributed by atoms with E-state index in [0.717, 1.165) is 25.7 Å². The molecule has 0 unspecified atom stereocenters. The van der Waals surface area contributed by atoms with Crippen molar-refractivity contribution >= 4 is 5.97 Å². The molecule has 70 valence electrons. The summed E-state index contributed by atoms with van der Waals surface area (Å²) in [6, 6.07) is 0. The second-order valence-electron chi connectivity index (χ2n) is 3.19. The van der Waals surface area contributed by atoms with E-state index in [1.807, 2.05) is 0 Å². The Bertz CT molecular complexity index is 161. The Morgan fingerprint density at radius 2 is 2.17 bits per heavy atom. The van der Waals surface area contributed by atoms with Crippen LogP contribution in [0.5, 0.6) is 0 Å². The monoisotopic (exact) mass is 172 g/mol. The van der Waals surface area contributed by atoms with Crippen molar-refractivity contribution in [3.05, 3.63) is 0 Å². The molecule has 0 amide bonds. The lowest BCUT2D eigenvalue weighted by Crippen LogP contribution is -2.27. The number of rotatable bonds is 5. The standard InChI is InChI=1S/C9H16O3/c1-3-4-7-12-8(10)9(11-2)5-6-9/h3-7H2,1-2H3. The number of methoxy groups -OCH3 is 1. The Kier molecular flexibility index (Phi) is 3.09. The predicted octanol–water partition coefficient (Wildman–Crippen LogP) is 1.51. The molecule has 1 aliphatic rings. The average Bonchev–Trinajstić information content (AvgIpc) is 2.85. The smallest absolute Gasteiger partial charge is 0.338 e. The van der Waals surface area contributed by atoms with Crippen molar-refractivity contribution in [1.29, 1.82) is 0 Å². The summed E-state index contributed by atoms with van der Waals surface area (Å²) in [7, 11) is 1.56. The van der Waals surface area contributed by atoms with Gasteiger partial charge in [-0.3, -0.25) is 0 Å². The third kappa shape index (κ3) is 1.97. The summed E-state index contributed by atoms with van der Waals surface area (Å²) in [6.45, 7) is 2.59. The summed E-state index contributed by atoms with van der Waals surface area (Å²) in [4.78, 5) is 11.3. The zero-order valence-electron chi connectivity index (χ0n) is 7.76. The molecule has 0 heterocycles. The molecular formula is C9H16O3. The molecule has 1 aliphatic carbocycles. The van der Waals surface area contributed by atoms with E-state index in [2.05, 4.69) is 6.92 Å². The van der Waals surface area contributed by atoms with Crippen molar-refractivity contribution in [1.82, 2.24) is 0 Å². The van der Waals surface area contributed by atoms with Crippen LogP contribution in [-0.4, -0.2) is 25.3 Å². The van der Waals surface area contributed by atoms with Crippen LogP contribution in [0.2, 0.25) is 0 Å². The van der Waals surface area contributed by atoms with Gasteiger partial charge < -0.3 is 9.47 Å². The van der Waals surface area contributed by atoms with Gasteiger partial charge >= 0.3 is 5.97 Å². The van der Waals surface area contributed by atoms with E-state index in [0.29, 0.717) is 6.61 Å². The molecule has 1 fully saturated rings. The molecule has 1 saturated carbocycles. The van der Waals surface area contributed by atoms with E-state index < -0.39 is 5.60 Å². The number of carbonyl (C=O) groups is 1. The molecule has 0 aromatic carbocycles. The number of carbonyl (C=O) groups excluding carboxylic acids is 1. The number of esters is 1. The highest BCUT2D eigenvalue weighted by molar-refractivity contribution is 5.82. The molecule has 3 nitrogen and oxygen atoms in total. The van der Waals surface area contributed by atoms with Crippen molar-refractivity contribution in [2.75, 3.05) is 13.7 Å². The molecule has 12 heavy (non-hydrogen) atoms. The van der Waals surface area contributed by atoms with Gasteiger partial charge in [0.25, 0.3) is 0 Å². The minimum Gasteiger partial charge on any atom is -0.464 e. The van der Waals surface area contributed by atoms with Crippen molar-refractivity contribution in [3.63, 3.8) is 0 Å². The predicted molar refractivity (Wildman–Crippen MR) is 44.8 cm³/mol. The fraction of sp³-hybridized carbons (Fsp3) is 0.889. The lowest BCUT2D eigenvalue weighted by atomic mass is 10.3. The van der Waals surface area contributed by atoms with E-state index >= 15 is 0 Å². The van der Waals surface area contributed by atoms with Crippen LogP contribution in [0.25, 0.3) is 0 Å². The Morgan fingerprint density at radius 1 is 1.50 bits per heavy atom. The van der Waals surface area contributed by atoms with Gasteiger partial charge in [-0.05, 0) is 19.3 Å². The van der Waals surface area contributed by atoms with E-state index in [9.17, 15) is 4.79 Å². The van der Waals surface area contributed by atoms with Crippen molar-refractivity contribution in [2.45, 2.75) is 38.2 Å². The summed E-state index contributed by atoms with van der Waals surface area (Å²) in [5.74, 6) is -0.182. The number of hydrogen-bond donors (Lipinski definition) is 0. The maximum absolute atomic E-state index is 11.3. The number of hydrogen-bond acceptors (Lipinski definition) is 3. The van der Waals surface area contributed by atoms with Gasteiger partial charge in [0, 0.05) is 7.11 Å². The first-order chi connectivity index (χ1) is 5.75. The van der Waals surface area contributed by atoms with E-state index in [4.69, 9.17) is 9.47 Å². The van der Waals surface area contributed by atoms with Crippen LogP contribution in [0.4, 0.5) is 0 Å². The van der Waals surface area contributed by atoms with Gasteiger partial charge in [-0.2, -0.15) is 0 Å². The highest BCUT2D eigenvalue weighted by Crippen LogP contribution is 2.39. The molecule has 0 atom stereocenters. The number of unbranched alkanes of at least 4 members (excludes halogenated alkanes) is 1. The Morgan fingerprint density at radius 3 is 2.58 bits per heavy atom. The van der Waals surface area contributed by atoms with Gasteiger partial charge in [0.1, 0.15) is 0 Å². The molecule has 0 saturated heterocycles. The summed E-state index contributed by atoms with van der Waals surface area (Å²) in [5.41, 5.74) is -0.562. The molecule has 1 rings (SSSR count). The zero-order valence-corrected chi connectivity index (χ0v) is 7.76. The molecule has 0 bridgehead atoms. The molecule has 0 aliphatic heterocycles. The van der Waals surface area contributed by atoms with Gasteiger partial charge in [-0.15, -0.1) is 0 Å². The molecule has 0 radical (unpaired) electrons. The van der Waals surface area contributed by atoms with Gasteiger partial charge in [0.05, 0.1) is 6.61 Å². The maximum atomic E-state index is 11.3. The largest absolute Gasteiger partial charge is 0.464 e. The fourth-order valence-corrected chi connectivity index (χ4v) is 1.05. The van der Waals surface area contributed by atoms with Crippen LogP contribution in [0.1, 0.15) is 32.6 Å². The van der Waals surface area contributed by atoms with Crippen LogP contribution in [0.15, 0.2) is 0 Å². The Balaban J connectivity index is 2.20. The first kappa shape index (κ1) is 9.52. The second kappa shape index (κ2) is 3.90. The minimum atomic E-state index is -0.562. The van der Waals surface area contributed by atoms with Crippen LogP contribution >= 0.6 is 0 Å². The third-order valence-corrected chi connectivity index (χ3v) is 2.20. The number of ether oxygens (including phenoxy) is 2. The van der Waals surface area contributed by atoms with E-state index in [-0.39, 0.29) is 5.97 Å². The zero-order chi connectivity index (χ0) is 9.03. The third-order valence-electron chi connectivity index (χ3n) is 2.20. The van der Waals surface area contributed by atoms with Crippen LogP contribution in [0.3, 0.4) is 0 Å². The molecule has 0 aromatic rings. The minimum absolute atomic E-state index is 0.182. The molecule has 0 aromatic heterocycles. The summed E-state index contributed by atoms with van der Waals surface area (Å²) < 4.78 is 10.1. The Labute approximate surface area is 73.0 Å². The highest BCUT2D eigenvalue weighted by Gasteiger charge is 2.52. The van der Waals surface area contributed by atoms with Crippen molar-refractivity contribution in [2.24, 2.45) is 0 Å². The van der Waals surface area contributed by atoms with Crippen LogP contribution in [-0.2, 0) is 14.3 Å². The van der Waals surface area contributed by atoms with E-state index in [1.54, 1.807) is 7.11 Å². The Hall–Kier alpha value is -0.570. The second-order valence-corrected chi connectivity index (χ2v) is 3.19. The van der Waals surface area contributed by atoms with Gasteiger partial charge in [-0.25, -0.2) is 4.79 Å². The first-order valence-electron chi connectivity index (χ1n) is 4.47. The van der Waals surface area contributed by atoms with Gasteiger partial charge in [0.2, 0.25) is 0 Å². The lowest BCUT2D eigenvalue weighted by Gasteiger charge is -2.11. The molecular weight excluding hydrogens is 156 g/mol. The average molecular weight is 172 g/mol. The van der Waals surface area contributed by atoms with E-state index in [1.165, 1.54) is 0 Å². The fourth-order valence-electron chi connectivity index (χ4n) is 1.05. The highest BCUT2D eigenvalue weighted by atomic mass is 16.6. The van der Waals surface area contributed by atoms with Crippen LogP contribution < -0.4 is 0 Å². The molecule has 0 spiro atoms. The summed E-state index contributed by atoms with van der Waals surface area (Å²) >= 11 is 0. The quantitative estimate of drug-likeness (QED) is 0.466. The maximum Gasteiger partial charge on any atom is 0.338 e. The van der Waals surface area contributed by atoms with Gasteiger partial charge in [-0.1, -0.05) is 13.3 Å². The lowest BCUT2D eigenvalue weighted by molar-refractivity contribution is -0.158. The topological polar surface area (TPSA) is 35.5 Å². The summed E-state index contributed by atoms with van der Waals surface area (Å²) in [6.07, 6.45) is 3.61. The molecule has 3 heteroatoms. The van der Waals surface area contributed by atoms with Gasteiger partial charge in [0.15, 0.2) is 5.60 Å². The molecule has 0 N–H and O–H groups in total. The SMILES string of the molecule is CCCCOC(=O)C1(OC)CC1.